The maximum absolute atomic E-state index is 12.7. The van der Waals surface area contributed by atoms with Gasteiger partial charge < -0.3 is 19.6 Å². The highest BCUT2D eigenvalue weighted by molar-refractivity contribution is 6.32. The Bertz CT molecular complexity index is 1310. The predicted molar refractivity (Wildman–Crippen MR) is 174 cm³/mol. The Balaban J connectivity index is 1.02. The Hall–Kier alpha value is -3.55. The fourth-order valence-electron chi connectivity index (χ4n) is 5.57. The number of nitrogens with one attached hydrogen (secondary N) is 1. The molecule has 1 heterocycles. The number of para-hydroxylation sites is 2. The number of aromatic hydroxyl groups is 1. The van der Waals surface area contributed by atoms with Crippen LogP contribution in [0.15, 0.2) is 72.8 Å². The van der Waals surface area contributed by atoms with Gasteiger partial charge in [0, 0.05) is 32.2 Å². The quantitative estimate of drug-likeness (QED) is 0.181. The summed E-state index contributed by atoms with van der Waals surface area (Å²) in [6.45, 7) is 3.66. The van der Waals surface area contributed by atoms with E-state index in [1.54, 1.807) is 30.1 Å². The zero-order valence-corrected chi connectivity index (χ0v) is 25.9. The van der Waals surface area contributed by atoms with E-state index in [2.05, 4.69) is 10.2 Å². The third-order valence-electron chi connectivity index (χ3n) is 8.09. The van der Waals surface area contributed by atoms with Gasteiger partial charge in [-0.1, -0.05) is 98.3 Å². The number of halogens is 1. The molecule has 3 aromatic rings. The van der Waals surface area contributed by atoms with Gasteiger partial charge in [0.25, 0.3) is 5.91 Å². The first-order valence-corrected chi connectivity index (χ1v) is 15.9. The smallest absolute Gasteiger partial charge is 0.411 e. The number of carbonyl (C=O) groups excluding carboxylic acids is 2. The van der Waals surface area contributed by atoms with Gasteiger partial charge in [-0.2, -0.15) is 0 Å². The second-order valence-electron chi connectivity index (χ2n) is 11.3. The molecule has 1 aliphatic rings. The Morgan fingerprint density at radius 2 is 1.53 bits per heavy atom. The number of nitrogens with zero attached hydrogens (tertiary/aromatic N) is 2. The first-order valence-electron chi connectivity index (χ1n) is 15.5. The normalized spacial score (nSPS) is 13.9. The topological polar surface area (TPSA) is 82.1 Å². The lowest BCUT2D eigenvalue weighted by Crippen LogP contribution is -2.38. The molecule has 0 aromatic heterocycles. The molecule has 3 aromatic carbocycles. The van der Waals surface area contributed by atoms with E-state index in [4.69, 9.17) is 16.3 Å². The van der Waals surface area contributed by atoms with Crippen molar-refractivity contribution < 1.29 is 19.4 Å². The number of carbonyl (C=O) groups is 2. The summed E-state index contributed by atoms with van der Waals surface area (Å²) >= 11 is 5.93. The monoisotopic (exact) mass is 605 g/mol. The van der Waals surface area contributed by atoms with E-state index >= 15 is 0 Å². The lowest BCUT2D eigenvalue weighted by molar-refractivity contribution is 0.0584. The minimum Gasteiger partial charge on any atom is -0.506 e. The first-order chi connectivity index (χ1) is 20.9. The molecule has 8 heteroatoms. The molecular formula is C35H44ClN3O4. The molecule has 7 nitrogen and oxygen atoms in total. The van der Waals surface area contributed by atoms with Gasteiger partial charge in [-0.05, 0) is 56.0 Å². The van der Waals surface area contributed by atoms with E-state index < -0.39 is 0 Å². The number of anilines is 1. The highest BCUT2D eigenvalue weighted by Crippen LogP contribution is 2.29. The summed E-state index contributed by atoms with van der Waals surface area (Å²) in [5.74, 6) is -0.355. The molecule has 1 fully saturated rings. The molecule has 0 aliphatic carbocycles. The van der Waals surface area contributed by atoms with Crippen LogP contribution >= 0.6 is 11.6 Å². The Morgan fingerprint density at radius 1 is 0.884 bits per heavy atom. The summed E-state index contributed by atoms with van der Waals surface area (Å²) in [5, 5.41) is 13.2. The van der Waals surface area contributed by atoms with Crippen molar-refractivity contribution >= 4 is 29.3 Å². The number of benzene rings is 3. The van der Waals surface area contributed by atoms with E-state index in [0.717, 1.165) is 68.6 Å². The van der Waals surface area contributed by atoms with Crippen molar-refractivity contribution in [1.29, 1.82) is 0 Å². The summed E-state index contributed by atoms with van der Waals surface area (Å²) < 4.78 is 5.77. The molecule has 0 radical (unpaired) electrons. The van der Waals surface area contributed by atoms with Gasteiger partial charge in [0.05, 0.1) is 16.3 Å². The second kappa shape index (κ2) is 16.9. The van der Waals surface area contributed by atoms with Crippen LogP contribution in [-0.4, -0.2) is 66.2 Å². The van der Waals surface area contributed by atoms with E-state index in [1.807, 2.05) is 54.6 Å². The van der Waals surface area contributed by atoms with E-state index in [9.17, 15) is 14.7 Å². The van der Waals surface area contributed by atoms with Gasteiger partial charge in [0.15, 0.2) is 0 Å². The molecule has 0 unspecified atom stereocenters. The van der Waals surface area contributed by atoms with Crippen LogP contribution in [0.4, 0.5) is 10.5 Å². The number of amides is 2. The summed E-state index contributed by atoms with van der Waals surface area (Å²) in [4.78, 5) is 29.3. The van der Waals surface area contributed by atoms with Crippen molar-refractivity contribution in [2.45, 2.75) is 63.9 Å². The molecule has 1 aliphatic heterocycles. The molecule has 230 valence electrons. The fourth-order valence-corrected chi connectivity index (χ4v) is 5.74. The average molecular weight is 606 g/mol. The van der Waals surface area contributed by atoms with E-state index in [1.165, 1.54) is 25.7 Å². The number of piperidine rings is 1. The van der Waals surface area contributed by atoms with Crippen LogP contribution in [0.25, 0.3) is 11.1 Å². The van der Waals surface area contributed by atoms with Crippen LogP contribution in [0, 0.1) is 0 Å². The molecule has 0 saturated carbocycles. The fraction of sp³-hybridized carbons (Fsp3) is 0.429. The first kappa shape index (κ1) is 32.4. The van der Waals surface area contributed by atoms with E-state index in [-0.39, 0.29) is 34.4 Å². The minimum atomic E-state index is -0.388. The molecular weight excluding hydrogens is 562 g/mol. The van der Waals surface area contributed by atoms with Gasteiger partial charge in [-0.3, -0.25) is 10.1 Å². The van der Waals surface area contributed by atoms with Crippen LogP contribution in [0.3, 0.4) is 0 Å². The number of phenolic OH excluding ortho intramolecular Hbond substituents is 1. The molecule has 0 spiro atoms. The Morgan fingerprint density at radius 3 is 2.28 bits per heavy atom. The zero-order chi connectivity index (χ0) is 30.4. The third kappa shape index (κ3) is 10.0. The number of ether oxygens (including phenoxy) is 1. The lowest BCUT2D eigenvalue weighted by Gasteiger charge is -2.31. The van der Waals surface area contributed by atoms with Crippen LogP contribution in [0.5, 0.6) is 5.75 Å². The number of hydrogen-bond donors (Lipinski definition) is 2. The predicted octanol–water partition coefficient (Wildman–Crippen LogP) is 8.23. The molecule has 1 saturated heterocycles. The van der Waals surface area contributed by atoms with Gasteiger partial charge in [0.1, 0.15) is 11.9 Å². The van der Waals surface area contributed by atoms with Gasteiger partial charge in [0.2, 0.25) is 0 Å². The van der Waals surface area contributed by atoms with Crippen LogP contribution in [0.2, 0.25) is 5.02 Å². The van der Waals surface area contributed by atoms with Crippen molar-refractivity contribution in [2.24, 2.45) is 0 Å². The maximum Gasteiger partial charge on any atom is 0.411 e. The standard InChI is InChI=1S/C35H44ClN3O4/c1-38(34(41)30-18-14-19-31(36)33(30)40)23-12-5-3-2-4-6-13-24-39-25-21-28(22-26-39)43-35(42)37-32-20-11-10-17-29(32)27-15-8-7-9-16-27/h7-11,14-20,28,40H,2-6,12-13,21-26H2,1H3,(H,37,42). The zero-order valence-electron chi connectivity index (χ0n) is 25.1. The summed E-state index contributed by atoms with van der Waals surface area (Å²) in [6.07, 6.45) is 9.28. The minimum absolute atomic E-state index is 0.0503. The van der Waals surface area contributed by atoms with Crippen molar-refractivity contribution in [2.75, 3.05) is 38.5 Å². The number of phenols is 1. The van der Waals surface area contributed by atoms with Crippen LogP contribution in [-0.2, 0) is 4.74 Å². The summed E-state index contributed by atoms with van der Waals surface area (Å²) in [5.41, 5.74) is 3.04. The van der Waals surface area contributed by atoms with Crippen molar-refractivity contribution in [3.63, 3.8) is 0 Å². The molecule has 2 amide bonds. The van der Waals surface area contributed by atoms with Crippen LogP contribution in [0.1, 0.15) is 68.1 Å². The molecule has 2 N–H and O–H groups in total. The molecule has 0 bridgehead atoms. The van der Waals surface area contributed by atoms with Crippen molar-refractivity contribution in [3.05, 3.63) is 83.4 Å². The number of unbranched alkanes of at least 4 members (excludes halogenated alkanes) is 6. The largest absolute Gasteiger partial charge is 0.506 e. The van der Waals surface area contributed by atoms with Gasteiger partial charge >= 0.3 is 6.09 Å². The van der Waals surface area contributed by atoms with Crippen LogP contribution < -0.4 is 5.32 Å². The lowest BCUT2D eigenvalue weighted by atomic mass is 10.0. The maximum atomic E-state index is 12.7. The number of rotatable bonds is 14. The Kier molecular flexibility index (Phi) is 12.7. The number of hydrogen-bond acceptors (Lipinski definition) is 5. The molecule has 4 rings (SSSR count). The second-order valence-corrected chi connectivity index (χ2v) is 11.7. The highest BCUT2D eigenvalue weighted by atomic mass is 35.5. The molecule has 43 heavy (non-hydrogen) atoms. The highest BCUT2D eigenvalue weighted by Gasteiger charge is 2.22. The van der Waals surface area contributed by atoms with Gasteiger partial charge in [-0.25, -0.2) is 4.79 Å². The van der Waals surface area contributed by atoms with E-state index in [0.29, 0.717) is 6.54 Å². The average Bonchev–Trinajstić information content (AvgIpc) is 3.02. The third-order valence-corrected chi connectivity index (χ3v) is 8.39. The Labute approximate surface area is 260 Å². The van der Waals surface area contributed by atoms with Crippen molar-refractivity contribution in [1.82, 2.24) is 9.80 Å². The summed E-state index contributed by atoms with van der Waals surface area (Å²) in [7, 11) is 1.76. The SMILES string of the molecule is CN(CCCCCCCCCN1CCC(OC(=O)Nc2ccccc2-c2ccccc2)CC1)C(=O)c1cccc(Cl)c1O. The molecule has 0 atom stereocenters. The summed E-state index contributed by atoms with van der Waals surface area (Å²) in [6, 6.07) is 22.7. The van der Waals surface area contributed by atoms with Crippen molar-refractivity contribution in [3.8, 4) is 16.9 Å². The number of likely N-dealkylation sites (tertiary alicyclic amines) is 1. The van der Waals surface area contributed by atoms with Gasteiger partial charge in [-0.15, -0.1) is 0 Å².